The summed E-state index contributed by atoms with van der Waals surface area (Å²) >= 11 is 0. The zero-order chi connectivity index (χ0) is 21.3. The number of anilines is 1. The van der Waals surface area contributed by atoms with Crippen LogP contribution >= 0.6 is 0 Å². The minimum atomic E-state index is -1.30. The van der Waals surface area contributed by atoms with Gasteiger partial charge in [-0.3, -0.25) is 19.3 Å². The Bertz CT molecular complexity index is 996. The van der Waals surface area contributed by atoms with Crippen LogP contribution in [0.5, 0.6) is 11.5 Å². The van der Waals surface area contributed by atoms with Gasteiger partial charge < -0.3 is 19.9 Å². The highest BCUT2D eigenvalue weighted by Crippen LogP contribution is 2.34. The first-order valence-corrected chi connectivity index (χ1v) is 8.57. The van der Waals surface area contributed by atoms with Crippen LogP contribution in [-0.2, 0) is 4.79 Å². The molecule has 9 heteroatoms. The molecule has 1 unspecified atom stereocenters. The zero-order valence-corrected chi connectivity index (χ0v) is 15.9. The van der Waals surface area contributed by atoms with Crippen molar-refractivity contribution < 1.29 is 33.8 Å². The molecule has 9 nitrogen and oxygen atoms in total. The second kappa shape index (κ2) is 7.63. The van der Waals surface area contributed by atoms with Crippen molar-refractivity contribution in [3.63, 3.8) is 0 Å². The van der Waals surface area contributed by atoms with Gasteiger partial charge in [0.1, 0.15) is 6.04 Å². The van der Waals surface area contributed by atoms with Gasteiger partial charge in [0.15, 0.2) is 11.5 Å². The molecule has 0 saturated heterocycles. The molecule has 0 fully saturated rings. The largest absolute Gasteiger partial charge is 0.493 e. The summed E-state index contributed by atoms with van der Waals surface area (Å²) in [5.74, 6) is -2.81. The van der Waals surface area contributed by atoms with E-state index in [0.29, 0.717) is 0 Å². The summed E-state index contributed by atoms with van der Waals surface area (Å²) in [7, 11) is 2.72. The molecule has 3 rings (SSSR count). The predicted molar refractivity (Wildman–Crippen MR) is 102 cm³/mol. The van der Waals surface area contributed by atoms with E-state index in [4.69, 9.17) is 9.47 Å². The highest BCUT2D eigenvalue weighted by molar-refractivity contribution is 6.23. The van der Waals surface area contributed by atoms with E-state index in [-0.39, 0.29) is 33.9 Å². The molecule has 0 radical (unpaired) electrons. The van der Waals surface area contributed by atoms with E-state index in [1.807, 2.05) is 0 Å². The van der Waals surface area contributed by atoms with Crippen molar-refractivity contribution in [2.45, 2.75) is 13.0 Å². The van der Waals surface area contributed by atoms with Crippen molar-refractivity contribution in [2.75, 3.05) is 19.5 Å². The number of aromatic carboxylic acids is 1. The number of benzene rings is 2. The second-order valence-corrected chi connectivity index (χ2v) is 6.25. The molecule has 1 aliphatic rings. The fraction of sp³-hybridized carbons (Fsp3) is 0.200. The normalized spacial score (nSPS) is 13.7. The molecule has 1 heterocycles. The van der Waals surface area contributed by atoms with Crippen LogP contribution in [0.2, 0.25) is 0 Å². The lowest BCUT2D eigenvalue weighted by Gasteiger charge is -2.22. The Morgan fingerprint density at radius 2 is 1.52 bits per heavy atom. The maximum absolute atomic E-state index is 12.7. The number of imide groups is 1. The van der Waals surface area contributed by atoms with E-state index in [1.54, 1.807) is 12.1 Å². The smallest absolute Gasteiger partial charge is 0.337 e. The second-order valence-electron chi connectivity index (χ2n) is 6.25. The Labute approximate surface area is 165 Å². The molecule has 0 bridgehead atoms. The Kier molecular flexibility index (Phi) is 5.22. The lowest BCUT2D eigenvalue weighted by atomic mass is 10.1. The van der Waals surface area contributed by atoms with Gasteiger partial charge in [-0.1, -0.05) is 12.1 Å². The van der Waals surface area contributed by atoms with Gasteiger partial charge in [0.25, 0.3) is 11.8 Å². The maximum Gasteiger partial charge on any atom is 0.337 e. The maximum atomic E-state index is 12.7. The Morgan fingerprint density at radius 3 is 2.00 bits per heavy atom. The van der Waals surface area contributed by atoms with Crippen LogP contribution in [0, 0.1) is 0 Å². The summed E-state index contributed by atoms with van der Waals surface area (Å²) in [6.07, 6.45) is 0. The number of hydrogen-bond acceptors (Lipinski definition) is 6. The van der Waals surface area contributed by atoms with Gasteiger partial charge in [0.05, 0.1) is 36.6 Å². The molecule has 1 aliphatic heterocycles. The van der Waals surface area contributed by atoms with Gasteiger partial charge in [-0.25, -0.2) is 4.79 Å². The first-order valence-electron chi connectivity index (χ1n) is 8.57. The highest BCUT2D eigenvalue weighted by atomic mass is 16.5. The number of carboxylic acids is 1. The zero-order valence-electron chi connectivity index (χ0n) is 15.9. The van der Waals surface area contributed by atoms with Gasteiger partial charge in [-0.15, -0.1) is 0 Å². The molecule has 0 spiro atoms. The van der Waals surface area contributed by atoms with Crippen LogP contribution in [0.25, 0.3) is 0 Å². The van der Waals surface area contributed by atoms with Gasteiger partial charge in [-0.05, 0) is 19.1 Å². The van der Waals surface area contributed by atoms with E-state index in [1.165, 1.54) is 45.4 Å². The van der Waals surface area contributed by atoms with Crippen LogP contribution < -0.4 is 14.8 Å². The monoisotopic (exact) mass is 398 g/mol. The van der Waals surface area contributed by atoms with Gasteiger partial charge in [0.2, 0.25) is 5.91 Å². The number of methoxy groups -OCH3 is 2. The number of nitrogens with zero attached hydrogens (tertiary/aromatic N) is 1. The predicted octanol–water partition coefficient (Wildman–Crippen LogP) is 2.03. The molecule has 0 aliphatic carbocycles. The average Bonchev–Trinajstić information content (AvgIpc) is 2.97. The number of rotatable bonds is 6. The fourth-order valence-corrected chi connectivity index (χ4v) is 3.07. The molecular weight excluding hydrogens is 380 g/mol. The topological polar surface area (TPSA) is 122 Å². The molecule has 2 aromatic carbocycles. The van der Waals surface area contributed by atoms with Gasteiger partial charge in [0, 0.05) is 12.1 Å². The van der Waals surface area contributed by atoms with E-state index in [9.17, 15) is 24.3 Å². The minimum absolute atomic E-state index is 0.0522. The van der Waals surface area contributed by atoms with E-state index in [0.717, 1.165) is 4.90 Å². The van der Waals surface area contributed by atoms with Crippen molar-refractivity contribution in [3.05, 3.63) is 53.1 Å². The molecule has 3 amide bonds. The van der Waals surface area contributed by atoms with E-state index >= 15 is 0 Å². The minimum Gasteiger partial charge on any atom is -0.493 e. The van der Waals surface area contributed by atoms with Crippen LogP contribution in [0.15, 0.2) is 36.4 Å². The molecule has 2 N–H and O–H groups in total. The number of carbonyl (C=O) groups excluding carboxylic acids is 3. The number of amides is 3. The van der Waals surface area contributed by atoms with Crippen LogP contribution in [-0.4, -0.2) is 54.0 Å². The Hall–Kier alpha value is -3.88. The third kappa shape index (κ3) is 3.38. The molecule has 29 heavy (non-hydrogen) atoms. The van der Waals surface area contributed by atoms with Gasteiger partial charge >= 0.3 is 5.97 Å². The summed E-state index contributed by atoms with van der Waals surface area (Å²) in [4.78, 5) is 50.3. The SMILES string of the molecule is COc1cc(NC(=O)C(C)N2C(=O)c3ccccc3C2=O)c(C(=O)O)cc1OC. The van der Waals surface area contributed by atoms with Crippen molar-refractivity contribution >= 4 is 29.4 Å². The summed E-state index contributed by atoms with van der Waals surface area (Å²) in [5.41, 5.74) is 0.151. The van der Waals surface area contributed by atoms with Gasteiger partial charge in [-0.2, -0.15) is 0 Å². The Balaban J connectivity index is 1.90. The standard InChI is InChI=1S/C20H18N2O7/c1-10(22-18(24)11-6-4-5-7-12(11)19(22)25)17(23)21-14-9-16(29-3)15(28-2)8-13(14)20(26)27/h4-10H,1-3H3,(H,21,23)(H,26,27). The molecule has 150 valence electrons. The Morgan fingerprint density at radius 1 is 1.00 bits per heavy atom. The number of carbonyl (C=O) groups is 4. The van der Waals surface area contributed by atoms with Crippen molar-refractivity contribution in [1.82, 2.24) is 4.90 Å². The lowest BCUT2D eigenvalue weighted by molar-refractivity contribution is -0.119. The van der Waals surface area contributed by atoms with E-state index < -0.39 is 29.7 Å². The summed E-state index contributed by atoms with van der Waals surface area (Å²) in [5, 5.41) is 11.9. The first kappa shape index (κ1) is 19.9. The molecule has 1 atom stereocenters. The first-order chi connectivity index (χ1) is 13.8. The summed E-state index contributed by atoms with van der Waals surface area (Å²) in [6, 6.07) is 7.62. The van der Waals surface area contributed by atoms with Crippen LogP contribution in [0.3, 0.4) is 0 Å². The quantitative estimate of drug-likeness (QED) is 0.714. The molecular formula is C20H18N2O7. The van der Waals surface area contributed by atoms with Crippen molar-refractivity contribution in [1.29, 1.82) is 0 Å². The number of carboxylic acid groups (broad SMARTS) is 1. The number of ether oxygens (including phenoxy) is 2. The van der Waals surface area contributed by atoms with Crippen LogP contribution in [0.1, 0.15) is 38.0 Å². The molecule has 2 aromatic rings. The van der Waals surface area contributed by atoms with Crippen molar-refractivity contribution in [2.24, 2.45) is 0 Å². The number of fused-ring (bicyclic) bond motifs is 1. The summed E-state index contributed by atoms with van der Waals surface area (Å²) < 4.78 is 10.2. The molecule has 0 aromatic heterocycles. The third-order valence-electron chi connectivity index (χ3n) is 4.60. The third-order valence-corrected chi connectivity index (χ3v) is 4.60. The summed E-state index contributed by atoms with van der Waals surface area (Å²) in [6.45, 7) is 1.39. The number of hydrogen-bond donors (Lipinski definition) is 2. The van der Waals surface area contributed by atoms with Crippen LogP contribution in [0.4, 0.5) is 5.69 Å². The highest BCUT2D eigenvalue weighted by Gasteiger charge is 2.40. The fourth-order valence-electron chi connectivity index (χ4n) is 3.07. The number of nitrogens with one attached hydrogen (secondary N) is 1. The molecule has 0 saturated carbocycles. The lowest BCUT2D eigenvalue weighted by Crippen LogP contribution is -2.45. The average molecular weight is 398 g/mol. The van der Waals surface area contributed by atoms with Crippen molar-refractivity contribution in [3.8, 4) is 11.5 Å². The van der Waals surface area contributed by atoms with E-state index in [2.05, 4.69) is 5.32 Å².